The summed E-state index contributed by atoms with van der Waals surface area (Å²) in [7, 11) is 0. The second-order valence-corrected chi connectivity index (χ2v) is 8.50. The zero-order valence-corrected chi connectivity index (χ0v) is 19.5. The highest BCUT2D eigenvalue weighted by Crippen LogP contribution is 2.31. The molecule has 0 aliphatic carbocycles. The van der Waals surface area contributed by atoms with Crippen molar-refractivity contribution in [2.24, 2.45) is 0 Å². The first-order valence-electron chi connectivity index (χ1n) is 11.3. The monoisotopic (exact) mass is 497 g/mol. The molecule has 0 fully saturated rings. The number of benzene rings is 1. The molecule has 0 aliphatic rings. The number of furan rings is 1. The predicted octanol–water partition coefficient (Wildman–Crippen LogP) is 2.93. The molecule has 0 radical (unpaired) electrons. The third-order valence-electron chi connectivity index (χ3n) is 6.18. The first-order valence-corrected chi connectivity index (χ1v) is 11.3. The number of carbonyl (C=O) groups is 1. The minimum absolute atomic E-state index is 0.0225. The van der Waals surface area contributed by atoms with Crippen molar-refractivity contribution in [3.8, 4) is 11.6 Å². The summed E-state index contributed by atoms with van der Waals surface area (Å²) < 4.78 is 22.0. The van der Waals surface area contributed by atoms with E-state index in [9.17, 15) is 9.18 Å². The Hall–Kier alpha value is -5.13. The number of halogens is 1. The Morgan fingerprint density at radius 3 is 2.73 bits per heavy atom. The van der Waals surface area contributed by atoms with Crippen molar-refractivity contribution in [2.45, 2.75) is 19.0 Å². The highest BCUT2D eigenvalue weighted by atomic mass is 19.1. The van der Waals surface area contributed by atoms with Crippen LogP contribution in [0.4, 0.5) is 10.3 Å². The van der Waals surface area contributed by atoms with Crippen LogP contribution in [0, 0.1) is 5.82 Å². The molecule has 3 N–H and O–H groups in total. The molecule has 6 rings (SSSR count). The summed E-state index contributed by atoms with van der Waals surface area (Å²) in [6.45, 7) is 1.75. The van der Waals surface area contributed by atoms with E-state index in [2.05, 4.69) is 30.5 Å². The SMILES string of the molecule is CC(C(=O)NCc1cc(F)ccn1)(c1ccccc1)n1ncc2c1nc(N)n1nc(-c3ccco3)nc21. The zero-order chi connectivity index (χ0) is 25.6. The van der Waals surface area contributed by atoms with Crippen LogP contribution >= 0.6 is 0 Å². The molecule has 37 heavy (non-hydrogen) atoms. The largest absolute Gasteiger partial charge is 0.461 e. The standard InChI is InChI=1S/C25H20FN9O2/c1-25(15-6-3-2-4-7-15,23(36)29-13-17-12-16(26)9-10-28-17)35-22-18(14-30-35)21-31-20(19-8-5-11-37-19)33-34(21)24(27)32-22/h2-12,14H,13H2,1H3,(H2,27,32)(H,29,36). The fourth-order valence-corrected chi connectivity index (χ4v) is 4.25. The van der Waals surface area contributed by atoms with E-state index in [0.29, 0.717) is 39.5 Å². The lowest BCUT2D eigenvalue weighted by atomic mass is 9.91. The summed E-state index contributed by atoms with van der Waals surface area (Å²) in [6.07, 6.45) is 4.45. The van der Waals surface area contributed by atoms with Crippen molar-refractivity contribution < 1.29 is 13.6 Å². The van der Waals surface area contributed by atoms with Crippen LogP contribution in [-0.2, 0) is 16.9 Å². The van der Waals surface area contributed by atoms with E-state index < -0.39 is 17.3 Å². The van der Waals surface area contributed by atoms with E-state index in [1.807, 2.05) is 30.3 Å². The number of anilines is 1. The Balaban J connectivity index is 1.48. The van der Waals surface area contributed by atoms with Gasteiger partial charge >= 0.3 is 0 Å². The number of fused-ring (bicyclic) bond motifs is 3. The van der Waals surface area contributed by atoms with Gasteiger partial charge < -0.3 is 15.5 Å². The average molecular weight is 497 g/mol. The van der Waals surface area contributed by atoms with Crippen molar-refractivity contribution >= 4 is 28.5 Å². The van der Waals surface area contributed by atoms with Crippen LogP contribution in [0.15, 0.2) is 77.7 Å². The van der Waals surface area contributed by atoms with E-state index in [-0.39, 0.29) is 12.5 Å². The van der Waals surface area contributed by atoms with Gasteiger partial charge in [-0.25, -0.2) is 14.1 Å². The molecule has 1 amide bonds. The minimum Gasteiger partial charge on any atom is -0.461 e. The van der Waals surface area contributed by atoms with Gasteiger partial charge in [0.05, 0.1) is 30.1 Å². The van der Waals surface area contributed by atoms with Gasteiger partial charge in [0.1, 0.15) is 5.82 Å². The quantitative estimate of drug-likeness (QED) is 0.358. The molecule has 184 valence electrons. The van der Waals surface area contributed by atoms with Crippen molar-refractivity contribution in [1.29, 1.82) is 0 Å². The summed E-state index contributed by atoms with van der Waals surface area (Å²) in [5.41, 5.74) is 6.70. The summed E-state index contributed by atoms with van der Waals surface area (Å²) >= 11 is 0. The molecular formula is C25H20FN9O2. The number of amides is 1. The first-order chi connectivity index (χ1) is 17.9. The molecular weight excluding hydrogens is 477 g/mol. The van der Waals surface area contributed by atoms with Gasteiger partial charge in [-0.05, 0) is 36.8 Å². The molecule has 0 saturated heterocycles. The maximum absolute atomic E-state index is 13.8. The van der Waals surface area contributed by atoms with Crippen molar-refractivity contribution in [2.75, 3.05) is 5.73 Å². The number of nitrogens with two attached hydrogens (primary N) is 1. The normalized spacial score (nSPS) is 13.1. The Kier molecular flexibility index (Phi) is 5.14. The maximum Gasteiger partial charge on any atom is 0.252 e. The Morgan fingerprint density at radius 1 is 1.14 bits per heavy atom. The zero-order valence-electron chi connectivity index (χ0n) is 19.5. The van der Waals surface area contributed by atoms with Crippen LogP contribution in [0.1, 0.15) is 18.2 Å². The van der Waals surface area contributed by atoms with Crippen LogP contribution in [0.2, 0.25) is 0 Å². The third kappa shape index (κ3) is 3.66. The van der Waals surface area contributed by atoms with Crippen LogP contribution in [0.5, 0.6) is 0 Å². The van der Waals surface area contributed by atoms with Gasteiger partial charge in [-0.3, -0.25) is 9.78 Å². The number of rotatable bonds is 6. The number of hydrogen-bond donors (Lipinski definition) is 2. The topological polar surface area (TPSA) is 142 Å². The number of nitrogens with zero attached hydrogens (tertiary/aromatic N) is 7. The molecule has 1 atom stereocenters. The predicted molar refractivity (Wildman–Crippen MR) is 131 cm³/mol. The number of nitrogen functional groups attached to an aromatic ring is 1. The summed E-state index contributed by atoms with van der Waals surface area (Å²) in [5, 5.41) is 12.4. The number of carbonyl (C=O) groups excluding carboxylic acids is 1. The molecule has 11 nitrogen and oxygen atoms in total. The number of pyridine rings is 1. The van der Waals surface area contributed by atoms with Crippen molar-refractivity contribution in [3.63, 3.8) is 0 Å². The Labute approximate surface area is 208 Å². The number of nitrogens with one attached hydrogen (secondary N) is 1. The van der Waals surface area contributed by atoms with Gasteiger partial charge in [0, 0.05) is 6.20 Å². The highest BCUT2D eigenvalue weighted by Gasteiger charge is 2.40. The second-order valence-electron chi connectivity index (χ2n) is 8.50. The molecule has 1 aromatic carbocycles. The highest BCUT2D eigenvalue weighted by molar-refractivity contribution is 5.94. The molecule has 1 unspecified atom stereocenters. The third-order valence-corrected chi connectivity index (χ3v) is 6.18. The first kappa shape index (κ1) is 22.3. The van der Waals surface area contributed by atoms with Crippen LogP contribution in [-0.4, -0.2) is 40.3 Å². The average Bonchev–Trinajstić information content (AvgIpc) is 3.67. The van der Waals surface area contributed by atoms with Gasteiger partial charge in [0.15, 0.2) is 22.6 Å². The van der Waals surface area contributed by atoms with Gasteiger partial charge in [-0.1, -0.05) is 30.3 Å². The van der Waals surface area contributed by atoms with Crippen molar-refractivity contribution in [3.05, 3.63) is 90.3 Å². The lowest BCUT2D eigenvalue weighted by Crippen LogP contribution is -2.48. The molecule has 0 aliphatic heterocycles. The van der Waals surface area contributed by atoms with Gasteiger partial charge in [0.25, 0.3) is 5.91 Å². The second kappa shape index (κ2) is 8.52. The lowest BCUT2D eigenvalue weighted by molar-refractivity contribution is -0.127. The van der Waals surface area contributed by atoms with Gasteiger partial charge in [-0.15, -0.1) is 5.10 Å². The summed E-state index contributed by atoms with van der Waals surface area (Å²) in [4.78, 5) is 27.0. The van der Waals surface area contributed by atoms with Crippen molar-refractivity contribution in [1.82, 2.24) is 39.7 Å². The Morgan fingerprint density at radius 2 is 1.97 bits per heavy atom. The van der Waals surface area contributed by atoms with Crippen LogP contribution < -0.4 is 11.1 Å². The van der Waals surface area contributed by atoms with E-state index >= 15 is 0 Å². The van der Waals surface area contributed by atoms with E-state index in [0.717, 1.165) is 0 Å². The van der Waals surface area contributed by atoms with E-state index in [4.69, 9.17) is 10.2 Å². The minimum atomic E-state index is -1.35. The lowest BCUT2D eigenvalue weighted by Gasteiger charge is -2.29. The van der Waals surface area contributed by atoms with Gasteiger partial charge in [-0.2, -0.15) is 14.6 Å². The summed E-state index contributed by atoms with van der Waals surface area (Å²) in [6, 6.07) is 15.1. The smallest absolute Gasteiger partial charge is 0.252 e. The van der Waals surface area contributed by atoms with Crippen LogP contribution in [0.3, 0.4) is 0 Å². The molecule has 0 bridgehead atoms. The molecule has 5 heterocycles. The Bertz CT molecular complexity index is 1740. The molecule has 12 heteroatoms. The fourth-order valence-electron chi connectivity index (χ4n) is 4.25. The molecule has 5 aromatic heterocycles. The molecule has 0 saturated carbocycles. The number of hydrogen-bond acceptors (Lipinski definition) is 8. The van der Waals surface area contributed by atoms with E-state index in [1.54, 1.807) is 25.3 Å². The molecule has 0 spiro atoms. The fraction of sp³-hybridized carbons (Fsp3) is 0.120. The van der Waals surface area contributed by atoms with Crippen LogP contribution in [0.25, 0.3) is 28.3 Å². The molecule has 6 aromatic rings. The van der Waals surface area contributed by atoms with E-state index in [1.165, 1.54) is 33.8 Å². The number of aromatic nitrogens is 7. The van der Waals surface area contributed by atoms with Gasteiger partial charge in [0.2, 0.25) is 11.8 Å². The maximum atomic E-state index is 13.8. The summed E-state index contributed by atoms with van der Waals surface area (Å²) in [5.74, 6) is 0.0455.